The van der Waals surface area contributed by atoms with Crippen molar-refractivity contribution < 1.29 is 13.5 Å². The lowest BCUT2D eigenvalue weighted by Crippen LogP contribution is -2.03. The molecule has 1 rings (SSSR count). The maximum Gasteiger partial charge on any atom is 0.128 e. The molecule has 0 amide bonds. The zero-order chi connectivity index (χ0) is 10.6. The van der Waals surface area contributed by atoms with Gasteiger partial charge in [-0.1, -0.05) is 13.8 Å². The zero-order valence-electron chi connectivity index (χ0n) is 8.39. The van der Waals surface area contributed by atoms with Crippen molar-refractivity contribution in [1.82, 2.24) is 0 Å². The molecule has 1 aromatic rings. The first kappa shape index (κ1) is 11.1. The van der Waals surface area contributed by atoms with E-state index in [2.05, 4.69) is 0 Å². The van der Waals surface area contributed by atoms with Crippen LogP contribution in [0.4, 0.5) is 8.78 Å². The molecule has 0 saturated heterocycles. The second kappa shape index (κ2) is 5.05. The Morgan fingerprint density at radius 1 is 1.29 bits per heavy atom. The Morgan fingerprint density at radius 3 is 2.64 bits per heavy atom. The van der Waals surface area contributed by atoms with Gasteiger partial charge < -0.3 is 4.74 Å². The first-order valence-electron chi connectivity index (χ1n) is 4.61. The van der Waals surface area contributed by atoms with E-state index in [4.69, 9.17) is 4.74 Å². The van der Waals surface area contributed by atoms with Crippen LogP contribution in [0.1, 0.15) is 19.4 Å². The van der Waals surface area contributed by atoms with Crippen LogP contribution in [0.2, 0.25) is 0 Å². The lowest BCUT2D eigenvalue weighted by atomic mass is 10.2. The van der Waals surface area contributed by atoms with Crippen molar-refractivity contribution in [2.75, 3.05) is 6.61 Å². The molecule has 0 radical (unpaired) electrons. The molecular weight excluding hydrogens is 186 g/mol. The molecule has 3 heteroatoms. The Labute approximate surface area is 82.7 Å². The number of benzene rings is 1. The van der Waals surface area contributed by atoms with Gasteiger partial charge in [-0.15, -0.1) is 0 Å². The Balaban J connectivity index is 2.53. The topological polar surface area (TPSA) is 9.23 Å². The van der Waals surface area contributed by atoms with Crippen molar-refractivity contribution in [3.63, 3.8) is 0 Å². The third kappa shape index (κ3) is 3.42. The average molecular weight is 200 g/mol. The van der Waals surface area contributed by atoms with Crippen LogP contribution in [0.15, 0.2) is 18.2 Å². The molecule has 0 spiro atoms. The van der Waals surface area contributed by atoms with Crippen LogP contribution >= 0.6 is 0 Å². The molecule has 0 bridgehead atoms. The van der Waals surface area contributed by atoms with Crippen molar-refractivity contribution >= 4 is 0 Å². The predicted molar refractivity (Wildman–Crippen MR) is 50.9 cm³/mol. The van der Waals surface area contributed by atoms with Gasteiger partial charge in [-0.25, -0.2) is 8.78 Å². The Morgan fingerprint density at radius 2 is 2.00 bits per heavy atom. The summed E-state index contributed by atoms with van der Waals surface area (Å²) < 4.78 is 31.0. The molecule has 0 atom stereocenters. The van der Waals surface area contributed by atoms with Crippen molar-refractivity contribution in [2.45, 2.75) is 20.5 Å². The van der Waals surface area contributed by atoms with Gasteiger partial charge in [0.2, 0.25) is 0 Å². The number of ether oxygens (including phenoxy) is 1. The zero-order valence-corrected chi connectivity index (χ0v) is 8.39. The van der Waals surface area contributed by atoms with Gasteiger partial charge in [0, 0.05) is 12.2 Å². The lowest BCUT2D eigenvalue weighted by Gasteiger charge is -2.07. The van der Waals surface area contributed by atoms with Gasteiger partial charge >= 0.3 is 0 Å². The van der Waals surface area contributed by atoms with Crippen LogP contribution in [-0.4, -0.2) is 6.61 Å². The maximum atomic E-state index is 13.0. The highest BCUT2D eigenvalue weighted by molar-refractivity contribution is 5.17. The van der Waals surface area contributed by atoms with Crippen molar-refractivity contribution in [2.24, 2.45) is 5.92 Å². The van der Waals surface area contributed by atoms with E-state index in [9.17, 15) is 8.78 Å². The highest BCUT2D eigenvalue weighted by atomic mass is 19.1. The van der Waals surface area contributed by atoms with E-state index in [1.807, 2.05) is 13.8 Å². The summed E-state index contributed by atoms with van der Waals surface area (Å²) in [6, 6.07) is 3.38. The summed E-state index contributed by atoms with van der Waals surface area (Å²) in [5.41, 5.74) is 0.269. The van der Waals surface area contributed by atoms with Crippen LogP contribution in [-0.2, 0) is 11.3 Å². The second-order valence-corrected chi connectivity index (χ2v) is 3.64. The highest BCUT2D eigenvalue weighted by Crippen LogP contribution is 2.11. The van der Waals surface area contributed by atoms with E-state index >= 15 is 0 Å². The van der Waals surface area contributed by atoms with E-state index < -0.39 is 11.6 Å². The van der Waals surface area contributed by atoms with Gasteiger partial charge in [0.05, 0.1) is 6.61 Å². The summed E-state index contributed by atoms with van der Waals surface area (Å²) in [6.45, 7) is 4.68. The van der Waals surface area contributed by atoms with Crippen molar-refractivity contribution in [3.8, 4) is 0 Å². The minimum Gasteiger partial charge on any atom is -0.376 e. The third-order valence-corrected chi connectivity index (χ3v) is 1.72. The average Bonchev–Trinajstić information content (AvgIpc) is 2.10. The first-order chi connectivity index (χ1) is 6.59. The Hall–Kier alpha value is -0.960. The summed E-state index contributed by atoms with van der Waals surface area (Å²) in [5, 5.41) is 0. The van der Waals surface area contributed by atoms with Gasteiger partial charge in [0.1, 0.15) is 11.6 Å². The fourth-order valence-corrected chi connectivity index (χ4v) is 1.06. The summed E-state index contributed by atoms with van der Waals surface area (Å²) in [4.78, 5) is 0. The van der Waals surface area contributed by atoms with E-state index in [-0.39, 0.29) is 12.2 Å². The highest BCUT2D eigenvalue weighted by Gasteiger charge is 2.04. The monoisotopic (exact) mass is 200 g/mol. The smallest absolute Gasteiger partial charge is 0.128 e. The number of hydrogen-bond donors (Lipinski definition) is 0. The molecule has 0 saturated carbocycles. The van der Waals surface area contributed by atoms with Gasteiger partial charge in [0.15, 0.2) is 0 Å². The minimum atomic E-state index is -0.436. The summed E-state index contributed by atoms with van der Waals surface area (Å²) in [5.74, 6) is -0.462. The molecule has 0 unspecified atom stereocenters. The third-order valence-electron chi connectivity index (χ3n) is 1.72. The van der Waals surface area contributed by atoms with E-state index in [0.717, 1.165) is 18.2 Å². The Kier molecular flexibility index (Phi) is 4.01. The van der Waals surface area contributed by atoms with Gasteiger partial charge in [-0.2, -0.15) is 0 Å². The fourth-order valence-electron chi connectivity index (χ4n) is 1.06. The summed E-state index contributed by atoms with van der Waals surface area (Å²) in [6.07, 6.45) is 0. The van der Waals surface area contributed by atoms with Crippen LogP contribution in [0.25, 0.3) is 0 Å². The van der Waals surface area contributed by atoms with E-state index in [1.165, 1.54) is 0 Å². The molecule has 0 aliphatic rings. The minimum absolute atomic E-state index is 0.127. The van der Waals surface area contributed by atoms with Gasteiger partial charge in [-0.05, 0) is 24.1 Å². The van der Waals surface area contributed by atoms with Crippen LogP contribution in [0, 0.1) is 17.6 Å². The van der Waals surface area contributed by atoms with E-state index in [1.54, 1.807) is 0 Å². The molecule has 0 N–H and O–H groups in total. The van der Waals surface area contributed by atoms with Crippen molar-refractivity contribution in [3.05, 3.63) is 35.4 Å². The van der Waals surface area contributed by atoms with Crippen LogP contribution < -0.4 is 0 Å². The Bertz CT molecular complexity index is 297. The number of rotatable bonds is 4. The second-order valence-electron chi connectivity index (χ2n) is 3.64. The molecule has 1 nitrogen and oxygen atoms in total. The molecule has 0 aliphatic heterocycles. The molecule has 0 heterocycles. The molecule has 14 heavy (non-hydrogen) atoms. The summed E-state index contributed by atoms with van der Waals surface area (Å²) >= 11 is 0. The molecular formula is C11H14F2O. The van der Waals surface area contributed by atoms with Crippen molar-refractivity contribution in [1.29, 1.82) is 0 Å². The molecule has 0 aliphatic carbocycles. The standard InChI is InChI=1S/C11H14F2O/c1-8(2)6-14-7-9-5-10(12)3-4-11(9)13/h3-5,8H,6-7H2,1-2H3. The number of hydrogen-bond acceptors (Lipinski definition) is 1. The SMILES string of the molecule is CC(C)COCc1cc(F)ccc1F. The number of halogens is 2. The summed E-state index contributed by atoms with van der Waals surface area (Å²) in [7, 11) is 0. The first-order valence-corrected chi connectivity index (χ1v) is 4.61. The molecule has 1 aromatic carbocycles. The fraction of sp³-hybridized carbons (Fsp3) is 0.455. The quantitative estimate of drug-likeness (QED) is 0.725. The maximum absolute atomic E-state index is 13.0. The van der Waals surface area contributed by atoms with Crippen LogP contribution in [0.5, 0.6) is 0 Å². The predicted octanol–water partition coefficient (Wildman–Crippen LogP) is 3.14. The van der Waals surface area contributed by atoms with Gasteiger partial charge in [-0.3, -0.25) is 0 Å². The molecule has 0 aromatic heterocycles. The van der Waals surface area contributed by atoms with E-state index in [0.29, 0.717) is 12.5 Å². The normalized spacial score (nSPS) is 10.9. The largest absolute Gasteiger partial charge is 0.376 e. The van der Waals surface area contributed by atoms with Gasteiger partial charge in [0.25, 0.3) is 0 Å². The van der Waals surface area contributed by atoms with Crippen LogP contribution in [0.3, 0.4) is 0 Å². The molecule has 78 valence electrons. The lowest BCUT2D eigenvalue weighted by molar-refractivity contribution is 0.0948. The molecule has 0 fully saturated rings.